The van der Waals surface area contributed by atoms with Crippen molar-refractivity contribution < 1.29 is 0 Å². The number of nitrogens with two attached hydrogens (primary N) is 1. The largest absolute Gasteiger partial charge is 0.330 e. The molecular weight excluding hydrogens is 317 g/mol. The van der Waals surface area contributed by atoms with Gasteiger partial charge in [0, 0.05) is 18.8 Å². The first-order valence-electron chi connectivity index (χ1n) is 5.06. The second-order valence-corrected chi connectivity index (χ2v) is 4.90. The molecule has 0 fully saturated rings. The van der Waals surface area contributed by atoms with E-state index >= 15 is 0 Å². The lowest BCUT2D eigenvalue weighted by Crippen LogP contribution is -2.09. The van der Waals surface area contributed by atoms with E-state index in [1.165, 1.54) is 5.56 Å². The van der Waals surface area contributed by atoms with Crippen LogP contribution in [0.25, 0.3) is 5.82 Å². The molecule has 2 heterocycles. The summed E-state index contributed by atoms with van der Waals surface area (Å²) in [5.74, 6) is 1.01. The molecule has 0 bridgehead atoms. The Morgan fingerprint density at radius 2 is 2.25 bits per heavy atom. The summed E-state index contributed by atoms with van der Waals surface area (Å²) in [6, 6.07) is 0. The lowest BCUT2D eigenvalue weighted by molar-refractivity contribution is 0.690. The zero-order chi connectivity index (χ0) is 11.7. The SMILES string of the molecule is Cc1nn(C)c(-n2cc(I)cn2)c1CCN. The number of aromatic nitrogens is 4. The van der Waals surface area contributed by atoms with E-state index in [-0.39, 0.29) is 0 Å². The van der Waals surface area contributed by atoms with Gasteiger partial charge in [-0.2, -0.15) is 10.2 Å². The van der Waals surface area contributed by atoms with Crippen molar-refractivity contribution in [2.75, 3.05) is 6.54 Å². The highest BCUT2D eigenvalue weighted by Gasteiger charge is 2.14. The summed E-state index contributed by atoms with van der Waals surface area (Å²) in [5.41, 5.74) is 7.82. The standard InChI is InChI=1S/C10H14IN5/c1-7-9(3-4-12)10(15(2)14-7)16-6-8(11)5-13-16/h5-6H,3-4,12H2,1-2H3. The lowest BCUT2D eigenvalue weighted by atomic mass is 10.2. The predicted molar refractivity (Wildman–Crippen MR) is 70.5 cm³/mol. The average Bonchev–Trinajstić information content (AvgIpc) is 2.73. The molecule has 6 heteroatoms. The maximum atomic E-state index is 5.62. The van der Waals surface area contributed by atoms with Gasteiger partial charge in [-0.15, -0.1) is 0 Å². The summed E-state index contributed by atoms with van der Waals surface area (Å²) in [6.07, 6.45) is 4.64. The van der Waals surface area contributed by atoms with E-state index in [9.17, 15) is 0 Å². The molecule has 2 aromatic rings. The van der Waals surface area contributed by atoms with Crippen molar-refractivity contribution in [3.05, 3.63) is 27.2 Å². The smallest absolute Gasteiger partial charge is 0.155 e. The normalized spacial score (nSPS) is 11.0. The molecule has 0 saturated heterocycles. The molecule has 0 aromatic carbocycles. The van der Waals surface area contributed by atoms with Gasteiger partial charge in [-0.1, -0.05) is 0 Å². The number of halogens is 1. The second-order valence-electron chi connectivity index (χ2n) is 3.65. The summed E-state index contributed by atoms with van der Waals surface area (Å²) in [7, 11) is 1.93. The fourth-order valence-electron chi connectivity index (χ4n) is 1.83. The van der Waals surface area contributed by atoms with Crippen LogP contribution in [0.1, 0.15) is 11.3 Å². The third kappa shape index (κ3) is 1.99. The second kappa shape index (κ2) is 4.54. The topological polar surface area (TPSA) is 61.7 Å². The zero-order valence-corrected chi connectivity index (χ0v) is 11.5. The molecule has 2 aromatic heterocycles. The van der Waals surface area contributed by atoms with E-state index in [1.54, 1.807) is 0 Å². The first-order chi connectivity index (χ1) is 7.63. The van der Waals surface area contributed by atoms with Crippen molar-refractivity contribution in [2.45, 2.75) is 13.3 Å². The molecule has 5 nitrogen and oxygen atoms in total. The van der Waals surface area contributed by atoms with E-state index < -0.39 is 0 Å². The molecular formula is C10H14IN5. The van der Waals surface area contributed by atoms with Gasteiger partial charge in [0.2, 0.25) is 0 Å². The molecule has 0 aliphatic carbocycles. The van der Waals surface area contributed by atoms with Crippen molar-refractivity contribution in [1.82, 2.24) is 19.6 Å². The minimum atomic E-state index is 0.623. The third-order valence-corrected chi connectivity index (χ3v) is 3.03. The highest BCUT2D eigenvalue weighted by Crippen LogP contribution is 2.18. The van der Waals surface area contributed by atoms with Gasteiger partial charge in [0.15, 0.2) is 5.82 Å². The maximum Gasteiger partial charge on any atom is 0.155 e. The van der Waals surface area contributed by atoms with Crippen molar-refractivity contribution in [3.8, 4) is 5.82 Å². The molecule has 0 amide bonds. The first kappa shape index (κ1) is 11.6. The molecule has 0 unspecified atom stereocenters. The number of rotatable bonds is 3. The van der Waals surface area contributed by atoms with Gasteiger partial charge in [0.05, 0.1) is 15.5 Å². The number of hydrogen-bond acceptors (Lipinski definition) is 3. The molecule has 86 valence electrons. The van der Waals surface area contributed by atoms with Gasteiger partial charge in [0.1, 0.15) is 0 Å². The van der Waals surface area contributed by atoms with Crippen LogP contribution in [0.3, 0.4) is 0 Å². The van der Waals surface area contributed by atoms with E-state index in [4.69, 9.17) is 5.73 Å². The van der Waals surface area contributed by atoms with Crippen molar-refractivity contribution in [3.63, 3.8) is 0 Å². The molecule has 0 radical (unpaired) electrons. The Hall–Kier alpha value is -0.890. The molecule has 16 heavy (non-hydrogen) atoms. The number of aryl methyl sites for hydroxylation is 2. The van der Waals surface area contributed by atoms with Crippen molar-refractivity contribution in [1.29, 1.82) is 0 Å². The molecule has 0 saturated carbocycles. The minimum Gasteiger partial charge on any atom is -0.330 e. The predicted octanol–water partition coefficient (Wildman–Crippen LogP) is 1.02. The Kier molecular flexibility index (Phi) is 3.29. The van der Waals surface area contributed by atoms with Gasteiger partial charge >= 0.3 is 0 Å². The van der Waals surface area contributed by atoms with Crippen LogP contribution in [0, 0.1) is 10.5 Å². The molecule has 0 aliphatic rings. The van der Waals surface area contributed by atoms with E-state index in [0.717, 1.165) is 21.5 Å². The Morgan fingerprint density at radius 1 is 1.50 bits per heavy atom. The molecule has 2 rings (SSSR count). The summed E-state index contributed by atoms with van der Waals surface area (Å²) in [6.45, 7) is 2.63. The summed E-state index contributed by atoms with van der Waals surface area (Å²) < 4.78 is 4.81. The summed E-state index contributed by atoms with van der Waals surface area (Å²) >= 11 is 2.24. The van der Waals surface area contributed by atoms with Crippen LogP contribution in [-0.4, -0.2) is 26.1 Å². The van der Waals surface area contributed by atoms with Crippen LogP contribution in [0.5, 0.6) is 0 Å². The van der Waals surface area contributed by atoms with E-state index in [0.29, 0.717) is 6.54 Å². The van der Waals surface area contributed by atoms with E-state index in [1.807, 2.05) is 35.7 Å². The van der Waals surface area contributed by atoms with Gasteiger partial charge in [-0.05, 0) is 42.5 Å². The summed E-state index contributed by atoms with van der Waals surface area (Å²) in [4.78, 5) is 0. The average molecular weight is 331 g/mol. The van der Waals surface area contributed by atoms with Crippen molar-refractivity contribution in [2.24, 2.45) is 12.8 Å². The monoisotopic (exact) mass is 331 g/mol. The van der Waals surface area contributed by atoms with Crippen LogP contribution >= 0.6 is 22.6 Å². The molecule has 0 atom stereocenters. The minimum absolute atomic E-state index is 0.623. The van der Waals surface area contributed by atoms with E-state index in [2.05, 4.69) is 32.8 Å². The van der Waals surface area contributed by atoms with Crippen LogP contribution in [-0.2, 0) is 13.5 Å². The highest BCUT2D eigenvalue weighted by atomic mass is 127. The van der Waals surface area contributed by atoms with Gasteiger partial charge in [0.25, 0.3) is 0 Å². The van der Waals surface area contributed by atoms with Crippen LogP contribution in [0.4, 0.5) is 0 Å². The van der Waals surface area contributed by atoms with Crippen molar-refractivity contribution >= 4 is 22.6 Å². The van der Waals surface area contributed by atoms with Crippen LogP contribution in [0.2, 0.25) is 0 Å². The van der Waals surface area contributed by atoms with Gasteiger partial charge in [-0.25, -0.2) is 4.68 Å². The fraction of sp³-hybridized carbons (Fsp3) is 0.400. The lowest BCUT2D eigenvalue weighted by Gasteiger charge is -2.05. The molecule has 0 aliphatic heterocycles. The first-order valence-corrected chi connectivity index (χ1v) is 6.14. The fourth-order valence-corrected chi connectivity index (χ4v) is 2.22. The molecule has 0 spiro atoms. The Balaban J connectivity index is 2.54. The Labute approximate surface area is 108 Å². The number of hydrogen-bond donors (Lipinski definition) is 1. The zero-order valence-electron chi connectivity index (χ0n) is 9.31. The third-order valence-electron chi connectivity index (χ3n) is 2.48. The molecule has 2 N–H and O–H groups in total. The van der Waals surface area contributed by atoms with Gasteiger partial charge < -0.3 is 5.73 Å². The van der Waals surface area contributed by atoms with Crippen LogP contribution in [0.15, 0.2) is 12.4 Å². The highest BCUT2D eigenvalue weighted by molar-refractivity contribution is 14.1. The van der Waals surface area contributed by atoms with Crippen LogP contribution < -0.4 is 5.73 Å². The summed E-state index contributed by atoms with van der Waals surface area (Å²) in [5, 5.41) is 8.72. The number of nitrogens with zero attached hydrogens (tertiary/aromatic N) is 4. The Morgan fingerprint density at radius 3 is 2.81 bits per heavy atom. The van der Waals surface area contributed by atoms with Gasteiger partial charge in [-0.3, -0.25) is 4.68 Å². The quantitative estimate of drug-likeness (QED) is 0.855. The Bertz CT molecular complexity index is 499. The maximum absolute atomic E-state index is 5.62.